The molecule has 0 spiro atoms. The molecule has 0 aliphatic rings. The third-order valence-corrected chi connectivity index (χ3v) is 9.29. The van der Waals surface area contributed by atoms with Gasteiger partial charge in [-0.05, 0) is 73.2 Å². The Labute approximate surface area is 254 Å². The van der Waals surface area contributed by atoms with Gasteiger partial charge in [0.15, 0.2) is 17.3 Å². The van der Waals surface area contributed by atoms with Gasteiger partial charge in [0.1, 0.15) is 10.6 Å². The fraction of sp³-hybridized carbons (Fsp3) is 0.129. The zero-order valence-corrected chi connectivity index (χ0v) is 25.5. The highest BCUT2D eigenvalue weighted by Gasteiger charge is 2.26. The van der Waals surface area contributed by atoms with Gasteiger partial charge >= 0.3 is 5.97 Å². The summed E-state index contributed by atoms with van der Waals surface area (Å²) < 4.78 is 69.6. The van der Waals surface area contributed by atoms with Crippen LogP contribution in [0, 0.1) is 6.92 Å². The normalized spacial score (nSPS) is 11.5. The molecule has 0 amide bonds. The van der Waals surface area contributed by atoms with E-state index in [1.807, 2.05) is 0 Å². The topological polar surface area (TPSA) is 156 Å². The molecule has 13 heteroatoms. The smallest absolute Gasteiger partial charge is 0.343 e. The van der Waals surface area contributed by atoms with Gasteiger partial charge in [0, 0.05) is 22.3 Å². The van der Waals surface area contributed by atoms with Crippen molar-refractivity contribution in [2.45, 2.75) is 16.7 Å². The molecule has 0 radical (unpaired) electrons. The van der Waals surface area contributed by atoms with Crippen molar-refractivity contribution in [3.05, 3.63) is 118 Å². The Morgan fingerprint density at radius 3 is 1.52 bits per heavy atom. The van der Waals surface area contributed by atoms with Crippen LogP contribution >= 0.6 is 0 Å². The zero-order valence-electron chi connectivity index (χ0n) is 23.9. The summed E-state index contributed by atoms with van der Waals surface area (Å²) >= 11 is 0. The minimum atomic E-state index is -4.49. The molecule has 0 fully saturated rings. The molecule has 4 rings (SSSR count). The van der Waals surface area contributed by atoms with Crippen LogP contribution in [0.15, 0.2) is 94.7 Å². The van der Waals surface area contributed by atoms with Crippen molar-refractivity contribution in [1.82, 2.24) is 0 Å². The summed E-state index contributed by atoms with van der Waals surface area (Å²) in [5.74, 6) is -1.76. The molecule has 0 aromatic heterocycles. The Balaban J connectivity index is 1.61. The Morgan fingerprint density at radius 1 is 0.545 bits per heavy atom. The number of hydrogen-bond donors (Lipinski definition) is 0. The maximum Gasteiger partial charge on any atom is 0.343 e. The lowest BCUT2D eigenvalue weighted by Crippen LogP contribution is -2.14. The minimum Gasteiger partial charge on any atom is -0.497 e. The summed E-state index contributed by atoms with van der Waals surface area (Å²) in [7, 11) is -5.21. The Bertz CT molecular complexity index is 1960. The minimum absolute atomic E-state index is 0.0173. The van der Waals surface area contributed by atoms with Crippen LogP contribution in [0.3, 0.4) is 0 Å². The number of carbonyl (C=O) groups is 3. The standard InChI is InChI=1S/C31H26O11S2/c1-19-5-6-23(17-27(19)43(35,36)40-3)30(33)24-13-16-26(28(18-24)44(37,38)41-4)42-31(34)22-9-7-20(8-10-22)29(32)21-11-14-25(39-2)15-12-21/h5-18H,1-4H3. The van der Waals surface area contributed by atoms with E-state index in [4.69, 9.17) is 9.47 Å². The van der Waals surface area contributed by atoms with Crippen molar-refractivity contribution in [2.24, 2.45) is 0 Å². The van der Waals surface area contributed by atoms with Crippen LogP contribution in [-0.2, 0) is 28.6 Å². The van der Waals surface area contributed by atoms with Gasteiger partial charge in [-0.25, -0.2) is 4.79 Å². The number of carbonyl (C=O) groups excluding carboxylic acids is 3. The van der Waals surface area contributed by atoms with Gasteiger partial charge in [0.25, 0.3) is 20.2 Å². The van der Waals surface area contributed by atoms with Crippen molar-refractivity contribution >= 4 is 37.8 Å². The molecule has 228 valence electrons. The van der Waals surface area contributed by atoms with Crippen LogP contribution in [-0.4, -0.2) is 55.7 Å². The van der Waals surface area contributed by atoms with Crippen molar-refractivity contribution in [2.75, 3.05) is 21.3 Å². The van der Waals surface area contributed by atoms with Crippen molar-refractivity contribution in [1.29, 1.82) is 0 Å². The number of ether oxygens (including phenoxy) is 2. The number of methoxy groups -OCH3 is 1. The lowest BCUT2D eigenvalue weighted by Gasteiger charge is -2.12. The Morgan fingerprint density at radius 2 is 0.977 bits per heavy atom. The molecule has 0 atom stereocenters. The molecule has 11 nitrogen and oxygen atoms in total. The summed E-state index contributed by atoms with van der Waals surface area (Å²) in [4.78, 5) is 38.2. The van der Waals surface area contributed by atoms with Gasteiger partial charge in [-0.15, -0.1) is 0 Å². The quantitative estimate of drug-likeness (QED) is 0.0996. The molecular formula is C31H26O11S2. The van der Waals surface area contributed by atoms with Gasteiger partial charge in [-0.2, -0.15) is 16.8 Å². The number of benzene rings is 4. The number of rotatable bonds is 11. The molecule has 0 N–H and O–H groups in total. The van der Waals surface area contributed by atoms with Crippen molar-refractivity contribution in [3.63, 3.8) is 0 Å². The van der Waals surface area contributed by atoms with E-state index >= 15 is 0 Å². The highest BCUT2D eigenvalue weighted by molar-refractivity contribution is 7.87. The first-order valence-corrected chi connectivity index (χ1v) is 15.5. The van der Waals surface area contributed by atoms with E-state index in [9.17, 15) is 31.2 Å². The summed E-state index contributed by atoms with van der Waals surface area (Å²) in [6.45, 7) is 1.53. The predicted molar refractivity (Wildman–Crippen MR) is 157 cm³/mol. The van der Waals surface area contributed by atoms with Gasteiger partial charge in [-0.1, -0.05) is 24.3 Å². The molecular weight excluding hydrogens is 612 g/mol. The summed E-state index contributed by atoms with van der Waals surface area (Å²) in [5.41, 5.74) is 0.866. The molecule has 4 aromatic carbocycles. The second kappa shape index (κ2) is 12.9. The van der Waals surface area contributed by atoms with E-state index in [-0.39, 0.29) is 27.4 Å². The van der Waals surface area contributed by atoms with Gasteiger partial charge in [-0.3, -0.25) is 18.0 Å². The third kappa shape index (κ3) is 6.76. The second-order valence-corrected chi connectivity index (χ2v) is 12.6. The molecule has 0 unspecified atom stereocenters. The Hall–Kier alpha value is -4.69. The van der Waals surface area contributed by atoms with E-state index in [0.717, 1.165) is 32.4 Å². The average Bonchev–Trinajstić information content (AvgIpc) is 3.04. The van der Waals surface area contributed by atoms with Gasteiger partial charge < -0.3 is 9.47 Å². The number of aryl methyl sites for hydroxylation is 1. The number of esters is 1. The first kappa shape index (κ1) is 32.2. The van der Waals surface area contributed by atoms with Gasteiger partial charge in [0.05, 0.1) is 31.8 Å². The van der Waals surface area contributed by atoms with Crippen LogP contribution in [0.5, 0.6) is 11.5 Å². The molecule has 0 saturated heterocycles. The monoisotopic (exact) mass is 638 g/mol. The summed E-state index contributed by atoms with van der Waals surface area (Å²) in [6.07, 6.45) is 0. The molecule has 0 aliphatic carbocycles. The predicted octanol–water partition coefficient (Wildman–Crippen LogP) is 4.36. The molecule has 0 aliphatic heterocycles. The molecule has 0 heterocycles. The molecule has 4 aromatic rings. The van der Waals surface area contributed by atoms with Crippen LogP contribution in [0.4, 0.5) is 0 Å². The Kier molecular flexibility index (Phi) is 9.44. The van der Waals surface area contributed by atoms with Crippen molar-refractivity contribution < 1.29 is 49.1 Å². The third-order valence-electron chi connectivity index (χ3n) is 6.57. The van der Waals surface area contributed by atoms with Crippen LogP contribution in [0.1, 0.15) is 47.8 Å². The molecule has 0 saturated carbocycles. The molecule has 44 heavy (non-hydrogen) atoms. The van der Waals surface area contributed by atoms with E-state index < -0.39 is 42.6 Å². The van der Waals surface area contributed by atoms with E-state index in [0.29, 0.717) is 22.4 Å². The largest absolute Gasteiger partial charge is 0.497 e. The second-order valence-electron chi connectivity index (χ2n) is 9.24. The van der Waals surface area contributed by atoms with Crippen LogP contribution in [0.2, 0.25) is 0 Å². The zero-order chi connectivity index (χ0) is 32.2. The highest BCUT2D eigenvalue weighted by atomic mass is 32.2. The fourth-order valence-corrected chi connectivity index (χ4v) is 5.83. The molecule has 0 bridgehead atoms. The average molecular weight is 639 g/mol. The number of hydrogen-bond acceptors (Lipinski definition) is 11. The first-order chi connectivity index (χ1) is 20.8. The fourth-order valence-electron chi connectivity index (χ4n) is 4.11. The van der Waals surface area contributed by atoms with Crippen LogP contribution < -0.4 is 9.47 Å². The highest BCUT2D eigenvalue weighted by Crippen LogP contribution is 2.29. The first-order valence-electron chi connectivity index (χ1n) is 12.7. The van der Waals surface area contributed by atoms with E-state index in [1.165, 1.54) is 56.5 Å². The van der Waals surface area contributed by atoms with Crippen molar-refractivity contribution in [3.8, 4) is 11.5 Å². The van der Waals surface area contributed by atoms with Crippen LogP contribution in [0.25, 0.3) is 0 Å². The number of ketones is 2. The SMILES string of the molecule is COc1ccc(C(=O)c2ccc(C(=O)Oc3ccc(C(=O)c4ccc(C)c(S(=O)(=O)OC)c4)cc3S(=O)(=O)OC)cc2)cc1. The van der Waals surface area contributed by atoms with E-state index in [2.05, 4.69) is 8.37 Å². The van der Waals surface area contributed by atoms with E-state index in [1.54, 1.807) is 24.3 Å². The van der Waals surface area contributed by atoms with Gasteiger partial charge in [0.2, 0.25) is 0 Å². The maximum atomic E-state index is 13.3. The lowest BCUT2D eigenvalue weighted by atomic mass is 10.0. The lowest BCUT2D eigenvalue weighted by molar-refractivity contribution is 0.0729. The maximum absolute atomic E-state index is 13.3. The summed E-state index contributed by atoms with van der Waals surface area (Å²) in [6, 6.07) is 19.3. The summed E-state index contributed by atoms with van der Waals surface area (Å²) in [5, 5.41) is 0.